The molecule has 86 valence electrons. The summed E-state index contributed by atoms with van der Waals surface area (Å²) in [5.41, 5.74) is 1.46. The first-order valence-corrected chi connectivity index (χ1v) is 5.92. The molecule has 3 nitrogen and oxygen atoms in total. The fraction of sp³-hybridized carbons (Fsp3) is 0.615. The van der Waals surface area contributed by atoms with Gasteiger partial charge < -0.3 is 0 Å². The third kappa shape index (κ3) is 2.13. The van der Waals surface area contributed by atoms with Gasteiger partial charge in [0.25, 0.3) is 0 Å². The van der Waals surface area contributed by atoms with Gasteiger partial charge in [-0.15, -0.1) is 0 Å². The Morgan fingerprint density at radius 3 is 2.69 bits per heavy atom. The van der Waals surface area contributed by atoms with E-state index in [4.69, 9.17) is 0 Å². The number of carbonyl (C=O) groups excluding carboxylic acids is 1. The number of Topliss-reactive ketones (excluding diaryl/α,β-unsaturated/α-hetero) is 1. The number of rotatable bonds is 2. The standard InChI is InChI=1S/C13H18N2O/c1-8-4-5-11(6-8)13-14-7-12(10(3)16)9(2)15-13/h7-8,11H,4-6H2,1-3H3. The maximum absolute atomic E-state index is 11.3. The van der Waals surface area contributed by atoms with Crippen molar-refractivity contribution in [1.82, 2.24) is 9.97 Å². The summed E-state index contributed by atoms with van der Waals surface area (Å²) in [7, 11) is 0. The Morgan fingerprint density at radius 2 is 2.19 bits per heavy atom. The largest absolute Gasteiger partial charge is 0.294 e. The highest BCUT2D eigenvalue weighted by Crippen LogP contribution is 2.36. The number of aromatic nitrogens is 2. The molecule has 1 aromatic heterocycles. The summed E-state index contributed by atoms with van der Waals surface area (Å²) in [5.74, 6) is 2.24. The number of nitrogens with zero attached hydrogens (tertiary/aromatic N) is 2. The lowest BCUT2D eigenvalue weighted by Crippen LogP contribution is -2.07. The maximum atomic E-state index is 11.3. The molecular weight excluding hydrogens is 200 g/mol. The number of aryl methyl sites for hydroxylation is 1. The minimum atomic E-state index is 0.0452. The predicted molar refractivity (Wildman–Crippen MR) is 62.5 cm³/mol. The quantitative estimate of drug-likeness (QED) is 0.717. The second-order valence-corrected chi connectivity index (χ2v) is 4.90. The molecule has 0 bridgehead atoms. The van der Waals surface area contributed by atoms with Crippen molar-refractivity contribution in [2.45, 2.75) is 46.0 Å². The molecular formula is C13H18N2O. The van der Waals surface area contributed by atoms with Crippen LogP contribution in [0.25, 0.3) is 0 Å². The Balaban J connectivity index is 2.24. The van der Waals surface area contributed by atoms with Gasteiger partial charge in [0, 0.05) is 12.1 Å². The molecule has 0 aromatic carbocycles. The lowest BCUT2D eigenvalue weighted by molar-refractivity contribution is 0.101. The highest BCUT2D eigenvalue weighted by atomic mass is 16.1. The van der Waals surface area contributed by atoms with Crippen LogP contribution in [0.1, 0.15) is 60.9 Å². The van der Waals surface area contributed by atoms with Gasteiger partial charge in [0.2, 0.25) is 0 Å². The second-order valence-electron chi connectivity index (χ2n) is 4.90. The molecule has 0 spiro atoms. The van der Waals surface area contributed by atoms with Crippen LogP contribution in [-0.4, -0.2) is 15.8 Å². The van der Waals surface area contributed by atoms with E-state index in [1.807, 2.05) is 6.92 Å². The van der Waals surface area contributed by atoms with Gasteiger partial charge in [-0.2, -0.15) is 0 Å². The fourth-order valence-corrected chi connectivity index (χ4v) is 2.47. The molecule has 16 heavy (non-hydrogen) atoms. The molecule has 1 aliphatic carbocycles. The van der Waals surface area contributed by atoms with Crippen LogP contribution >= 0.6 is 0 Å². The third-order valence-corrected chi connectivity index (χ3v) is 3.44. The molecule has 0 radical (unpaired) electrons. The normalized spacial score (nSPS) is 24.7. The third-order valence-electron chi connectivity index (χ3n) is 3.44. The first-order chi connectivity index (χ1) is 7.58. The van der Waals surface area contributed by atoms with E-state index >= 15 is 0 Å². The monoisotopic (exact) mass is 218 g/mol. The van der Waals surface area contributed by atoms with Gasteiger partial charge >= 0.3 is 0 Å². The Hall–Kier alpha value is -1.25. The van der Waals surface area contributed by atoms with Gasteiger partial charge in [-0.05, 0) is 39.0 Å². The molecule has 2 atom stereocenters. The predicted octanol–water partition coefficient (Wildman–Crippen LogP) is 2.89. The molecule has 1 heterocycles. The summed E-state index contributed by atoms with van der Waals surface area (Å²) in [5, 5.41) is 0. The zero-order valence-corrected chi connectivity index (χ0v) is 10.2. The van der Waals surface area contributed by atoms with Crippen molar-refractivity contribution in [3.05, 3.63) is 23.3 Å². The Morgan fingerprint density at radius 1 is 1.44 bits per heavy atom. The topological polar surface area (TPSA) is 42.9 Å². The van der Waals surface area contributed by atoms with E-state index in [0.29, 0.717) is 11.5 Å². The minimum Gasteiger partial charge on any atom is -0.294 e. The lowest BCUT2D eigenvalue weighted by Gasteiger charge is -2.09. The van der Waals surface area contributed by atoms with Crippen LogP contribution in [0.3, 0.4) is 0 Å². The van der Waals surface area contributed by atoms with Gasteiger partial charge in [0.05, 0.1) is 11.3 Å². The molecule has 0 saturated heterocycles. The van der Waals surface area contributed by atoms with E-state index in [2.05, 4.69) is 16.9 Å². The Kier molecular flexibility index (Phi) is 3.03. The smallest absolute Gasteiger partial charge is 0.163 e. The molecule has 2 rings (SSSR count). The zero-order valence-electron chi connectivity index (χ0n) is 10.2. The molecule has 1 aliphatic rings. The highest BCUT2D eigenvalue weighted by molar-refractivity contribution is 5.94. The average Bonchev–Trinajstić information content (AvgIpc) is 2.64. The first kappa shape index (κ1) is 11.2. The first-order valence-electron chi connectivity index (χ1n) is 5.92. The summed E-state index contributed by atoms with van der Waals surface area (Å²) in [6.07, 6.45) is 5.31. The number of hydrogen-bond donors (Lipinski definition) is 0. The van der Waals surface area contributed by atoms with Crippen LogP contribution in [0, 0.1) is 12.8 Å². The summed E-state index contributed by atoms with van der Waals surface area (Å²) in [6, 6.07) is 0. The molecule has 1 aromatic rings. The summed E-state index contributed by atoms with van der Waals surface area (Å²) in [4.78, 5) is 20.1. The van der Waals surface area contributed by atoms with E-state index < -0.39 is 0 Å². The van der Waals surface area contributed by atoms with Crippen LogP contribution in [0.2, 0.25) is 0 Å². The van der Waals surface area contributed by atoms with Crippen LogP contribution < -0.4 is 0 Å². The van der Waals surface area contributed by atoms with Crippen LogP contribution in [0.4, 0.5) is 0 Å². The van der Waals surface area contributed by atoms with Crippen molar-refractivity contribution in [1.29, 1.82) is 0 Å². The minimum absolute atomic E-state index is 0.0452. The number of carbonyl (C=O) groups is 1. The molecule has 1 fully saturated rings. The van der Waals surface area contributed by atoms with Crippen LogP contribution in [-0.2, 0) is 0 Å². The van der Waals surface area contributed by atoms with Gasteiger partial charge in [-0.25, -0.2) is 9.97 Å². The summed E-state index contributed by atoms with van der Waals surface area (Å²) in [6.45, 7) is 5.72. The summed E-state index contributed by atoms with van der Waals surface area (Å²) < 4.78 is 0. The maximum Gasteiger partial charge on any atom is 0.163 e. The van der Waals surface area contributed by atoms with Gasteiger partial charge in [-0.1, -0.05) is 6.92 Å². The second kappa shape index (κ2) is 4.32. The molecule has 3 heteroatoms. The molecule has 1 saturated carbocycles. The van der Waals surface area contributed by atoms with Crippen LogP contribution in [0.5, 0.6) is 0 Å². The summed E-state index contributed by atoms with van der Waals surface area (Å²) >= 11 is 0. The van der Waals surface area contributed by atoms with E-state index in [0.717, 1.165) is 17.4 Å². The van der Waals surface area contributed by atoms with Crippen molar-refractivity contribution in [2.75, 3.05) is 0 Å². The lowest BCUT2D eigenvalue weighted by atomic mass is 10.0. The van der Waals surface area contributed by atoms with Crippen LogP contribution in [0.15, 0.2) is 6.20 Å². The van der Waals surface area contributed by atoms with E-state index in [9.17, 15) is 4.79 Å². The van der Waals surface area contributed by atoms with Crippen molar-refractivity contribution in [3.63, 3.8) is 0 Å². The molecule has 2 unspecified atom stereocenters. The van der Waals surface area contributed by atoms with Crippen molar-refractivity contribution in [2.24, 2.45) is 5.92 Å². The Bertz CT molecular complexity index is 414. The van der Waals surface area contributed by atoms with Crippen molar-refractivity contribution < 1.29 is 4.79 Å². The van der Waals surface area contributed by atoms with Gasteiger partial charge in [0.1, 0.15) is 5.82 Å². The van der Waals surface area contributed by atoms with E-state index in [-0.39, 0.29) is 5.78 Å². The van der Waals surface area contributed by atoms with Crippen molar-refractivity contribution >= 4 is 5.78 Å². The average molecular weight is 218 g/mol. The molecule has 0 amide bonds. The van der Waals surface area contributed by atoms with E-state index in [1.54, 1.807) is 13.1 Å². The zero-order chi connectivity index (χ0) is 11.7. The van der Waals surface area contributed by atoms with Crippen molar-refractivity contribution in [3.8, 4) is 0 Å². The van der Waals surface area contributed by atoms with E-state index in [1.165, 1.54) is 19.3 Å². The van der Waals surface area contributed by atoms with Gasteiger partial charge in [0.15, 0.2) is 5.78 Å². The number of hydrogen-bond acceptors (Lipinski definition) is 3. The Labute approximate surface area is 96.3 Å². The number of ketones is 1. The molecule has 0 aliphatic heterocycles. The highest BCUT2D eigenvalue weighted by Gasteiger charge is 2.25. The fourth-order valence-electron chi connectivity index (χ4n) is 2.47. The SMILES string of the molecule is CC(=O)c1cnc(C2CCC(C)C2)nc1C. The van der Waals surface area contributed by atoms with Gasteiger partial charge in [-0.3, -0.25) is 4.79 Å². The molecule has 0 N–H and O–H groups in total.